The van der Waals surface area contributed by atoms with Crippen LogP contribution in [0.25, 0.3) is 0 Å². The van der Waals surface area contributed by atoms with E-state index in [9.17, 15) is 0 Å². The molecule has 0 saturated carbocycles. The molecular formula is C11H16IN. The summed E-state index contributed by atoms with van der Waals surface area (Å²) in [4.78, 5) is 0. The van der Waals surface area contributed by atoms with E-state index in [-0.39, 0.29) is 11.5 Å². The zero-order valence-corrected chi connectivity index (χ0v) is 10.5. The SMILES string of the molecule is CC(C)(C)[C@H](N)c1cccc(I)c1. The van der Waals surface area contributed by atoms with Gasteiger partial charge in [0.2, 0.25) is 0 Å². The summed E-state index contributed by atoms with van der Waals surface area (Å²) in [5.41, 5.74) is 7.49. The van der Waals surface area contributed by atoms with E-state index >= 15 is 0 Å². The molecule has 1 aromatic carbocycles. The predicted molar refractivity (Wildman–Crippen MR) is 65.5 cm³/mol. The number of hydrogen-bond donors (Lipinski definition) is 1. The van der Waals surface area contributed by atoms with Gasteiger partial charge in [0, 0.05) is 9.61 Å². The molecule has 0 aromatic heterocycles. The molecule has 0 spiro atoms. The first-order valence-corrected chi connectivity index (χ1v) is 5.50. The second kappa shape index (κ2) is 3.96. The summed E-state index contributed by atoms with van der Waals surface area (Å²) in [6, 6.07) is 8.50. The van der Waals surface area contributed by atoms with Gasteiger partial charge in [-0.3, -0.25) is 0 Å². The molecule has 0 amide bonds. The van der Waals surface area contributed by atoms with Crippen LogP contribution in [-0.4, -0.2) is 0 Å². The van der Waals surface area contributed by atoms with E-state index in [1.54, 1.807) is 0 Å². The molecule has 0 aliphatic rings. The number of halogens is 1. The Bertz CT molecular complexity index is 288. The molecule has 0 heterocycles. The van der Waals surface area contributed by atoms with Crippen molar-refractivity contribution in [3.63, 3.8) is 0 Å². The van der Waals surface area contributed by atoms with Crippen LogP contribution in [0.2, 0.25) is 0 Å². The molecule has 0 bridgehead atoms. The van der Waals surface area contributed by atoms with E-state index < -0.39 is 0 Å². The fourth-order valence-electron chi connectivity index (χ4n) is 1.20. The Morgan fingerprint density at radius 3 is 2.38 bits per heavy atom. The van der Waals surface area contributed by atoms with E-state index in [0.717, 1.165) is 0 Å². The maximum Gasteiger partial charge on any atom is 0.0344 e. The van der Waals surface area contributed by atoms with Gasteiger partial charge >= 0.3 is 0 Å². The van der Waals surface area contributed by atoms with Gasteiger partial charge in [-0.25, -0.2) is 0 Å². The molecule has 72 valence electrons. The lowest BCUT2D eigenvalue weighted by molar-refractivity contribution is 0.327. The highest BCUT2D eigenvalue weighted by Gasteiger charge is 2.21. The summed E-state index contributed by atoms with van der Waals surface area (Å²) in [7, 11) is 0. The molecule has 2 N–H and O–H groups in total. The third kappa shape index (κ3) is 2.95. The second-order valence-electron chi connectivity index (χ2n) is 4.40. The molecule has 1 rings (SSSR count). The summed E-state index contributed by atoms with van der Waals surface area (Å²) < 4.78 is 1.25. The third-order valence-corrected chi connectivity index (χ3v) is 2.81. The van der Waals surface area contributed by atoms with E-state index in [1.165, 1.54) is 9.13 Å². The Balaban J connectivity index is 2.96. The van der Waals surface area contributed by atoms with Crippen LogP contribution in [0.4, 0.5) is 0 Å². The second-order valence-corrected chi connectivity index (χ2v) is 5.64. The van der Waals surface area contributed by atoms with Crippen LogP contribution in [0, 0.1) is 8.99 Å². The summed E-state index contributed by atoms with van der Waals surface area (Å²) in [6.45, 7) is 6.49. The first-order valence-electron chi connectivity index (χ1n) is 4.42. The molecule has 1 aromatic rings. The average molecular weight is 289 g/mol. The van der Waals surface area contributed by atoms with Gasteiger partial charge in [-0.15, -0.1) is 0 Å². The van der Waals surface area contributed by atoms with Gasteiger partial charge in [-0.05, 0) is 45.7 Å². The highest BCUT2D eigenvalue weighted by molar-refractivity contribution is 14.1. The Labute approximate surface area is 93.9 Å². The summed E-state index contributed by atoms with van der Waals surface area (Å²) in [5.74, 6) is 0. The molecule has 0 radical (unpaired) electrons. The molecule has 13 heavy (non-hydrogen) atoms. The Morgan fingerprint density at radius 1 is 1.31 bits per heavy atom. The van der Waals surface area contributed by atoms with Crippen LogP contribution >= 0.6 is 22.6 Å². The topological polar surface area (TPSA) is 26.0 Å². The van der Waals surface area contributed by atoms with Crippen molar-refractivity contribution in [3.05, 3.63) is 33.4 Å². The minimum absolute atomic E-state index is 0.113. The van der Waals surface area contributed by atoms with Gasteiger partial charge in [0.25, 0.3) is 0 Å². The highest BCUT2D eigenvalue weighted by atomic mass is 127. The summed E-state index contributed by atoms with van der Waals surface area (Å²) in [6.07, 6.45) is 0. The third-order valence-electron chi connectivity index (χ3n) is 2.14. The monoisotopic (exact) mass is 289 g/mol. The minimum Gasteiger partial charge on any atom is -0.324 e. The van der Waals surface area contributed by atoms with E-state index in [2.05, 4.69) is 67.6 Å². The van der Waals surface area contributed by atoms with Crippen molar-refractivity contribution in [1.29, 1.82) is 0 Å². The molecule has 0 aliphatic heterocycles. The van der Waals surface area contributed by atoms with Gasteiger partial charge in [-0.1, -0.05) is 32.9 Å². The lowest BCUT2D eigenvalue weighted by Crippen LogP contribution is -2.26. The van der Waals surface area contributed by atoms with E-state index in [0.29, 0.717) is 0 Å². The highest BCUT2D eigenvalue weighted by Crippen LogP contribution is 2.30. The zero-order valence-electron chi connectivity index (χ0n) is 8.34. The van der Waals surface area contributed by atoms with Crippen molar-refractivity contribution in [1.82, 2.24) is 0 Å². The molecule has 0 aliphatic carbocycles. The van der Waals surface area contributed by atoms with Crippen molar-refractivity contribution in [2.45, 2.75) is 26.8 Å². The van der Waals surface area contributed by atoms with Crippen LogP contribution in [0.5, 0.6) is 0 Å². The molecule has 1 atom stereocenters. The number of hydrogen-bond acceptors (Lipinski definition) is 1. The van der Waals surface area contributed by atoms with Gasteiger partial charge in [-0.2, -0.15) is 0 Å². The van der Waals surface area contributed by atoms with E-state index in [4.69, 9.17) is 5.73 Å². The lowest BCUT2D eigenvalue weighted by Gasteiger charge is -2.27. The molecule has 0 saturated heterocycles. The normalized spacial score (nSPS) is 14.2. The standard InChI is InChI=1S/C11H16IN/c1-11(2,3)10(13)8-5-4-6-9(12)7-8/h4-7,10H,13H2,1-3H3/t10-/m1/s1. The lowest BCUT2D eigenvalue weighted by atomic mass is 9.83. The van der Waals surface area contributed by atoms with Gasteiger partial charge in [0.05, 0.1) is 0 Å². The molecule has 0 fully saturated rings. The van der Waals surface area contributed by atoms with Crippen molar-refractivity contribution in [2.75, 3.05) is 0 Å². The number of nitrogens with two attached hydrogens (primary N) is 1. The van der Waals surface area contributed by atoms with Crippen molar-refractivity contribution < 1.29 is 0 Å². The van der Waals surface area contributed by atoms with Crippen LogP contribution in [0.1, 0.15) is 32.4 Å². The Hall–Kier alpha value is -0.0900. The van der Waals surface area contributed by atoms with Crippen molar-refractivity contribution >= 4 is 22.6 Å². The predicted octanol–water partition coefficient (Wildman–Crippen LogP) is 3.34. The van der Waals surface area contributed by atoms with Crippen molar-refractivity contribution in [2.24, 2.45) is 11.1 Å². The van der Waals surface area contributed by atoms with Crippen LogP contribution < -0.4 is 5.73 Å². The van der Waals surface area contributed by atoms with Crippen molar-refractivity contribution in [3.8, 4) is 0 Å². The van der Waals surface area contributed by atoms with Crippen LogP contribution in [0.3, 0.4) is 0 Å². The molecule has 1 nitrogen and oxygen atoms in total. The fraction of sp³-hybridized carbons (Fsp3) is 0.455. The molecule has 0 unspecified atom stereocenters. The maximum atomic E-state index is 6.14. The molecular weight excluding hydrogens is 273 g/mol. The molecule has 2 heteroatoms. The average Bonchev–Trinajstić information content (AvgIpc) is 2.01. The smallest absolute Gasteiger partial charge is 0.0344 e. The zero-order chi connectivity index (χ0) is 10.1. The van der Waals surface area contributed by atoms with E-state index in [1.807, 2.05) is 0 Å². The summed E-state index contributed by atoms with van der Waals surface area (Å²) >= 11 is 2.31. The van der Waals surface area contributed by atoms with Gasteiger partial charge < -0.3 is 5.73 Å². The first-order chi connectivity index (χ1) is 5.91. The summed E-state index contributed by atoms with van der Waals surface area (Å²) in [5, 5.41) is 0. The Kier molecular flexibility index (Phi) is 3.35. The first kappa shape index (κ1) is 11.0. The largest absolute Gasteiger partial charge is 0.324 e. The Morgan fingerprint density at radius 2 is 1.92 bits per heavy atom. The minimum atomic E-state index is 0.113. The number of rotatable bonds is 1. The van der Waals surface area contributed by atoms with Crippen LogP contribution in [0.15, 0.2) is 24.3 Å². The maximum absolute atomic E-state index is 6.14. The van der Waals surface area contributed by atoms with Gasteiger partial charge in [0.1, 0.15) is 0 Å². The fourth-order valence-corrected chi connectivity index (χ4v) is 1.77. The quantitative estimate of drug-likeness (QED) is 0.788. The van der Waals surface area contributed by atoms with Gasteiger partial charge in [0.15, 0.2) is 0 Å². The number of benzene rings is 1. The van der Waals surface area contributed by atoms with Crippen LogP contribution in [-0.2, 0) is 0 Å².